The Labute approximate surface area is 195 Å². The number of nitrogens with zero attached hydrogens (tertiary/aromatic N) is 3. The van der Waals surface area contributed by atoms with E-state index < -0.39 is 5.67 Å². The minimum atomic E-state index is -1.30. The van der Waals surface area contributed by atoms with Crippen molar-refractivity contribution in [3.8, 4) is 11.5 Å². The number of hydrogen-bond donors (Lipinski definition) is 1. The van der Waals surface area contributed by atoms with Gasteiger partial charge in [0.2, 0.25) is 0 Å². The van der Waals surface area contributed by atoms with E-state index in [1.165, 1.54) is 4.90 Å². The second kappa shape index (κ2) is 7.86. The first-order chi connectivity index (χ1) is 16.2. The van der Waals surface area contributed by atoms with Gasteiger partial charge in [0.05, 0.1) is 30.4 Å². The van der Waals surface area contributed by atoms with E-state index in [1.807, 2.05) is 6.92 Å². The highest BCUT2D eigenvalue weighted by Gasteiger charge is 2.44. The van der Waals surface area contributed by atoms with Gasteiger partial charge in [-0.2, -0.15) is 5.10 Å². The van der Waals surface area contributed by atoms with E-state index in [2.05, 4.69) is 10.4 Å². The Bertz CT molecular complexity index is 1450. The van der Waals surface area contributed by atoms with Crippen molar-refractivity contribution in [2.45, 2.75) is 32.9 Å². The van der Waals surface area contributed by atoms with Crippen molar-refractivity contribution in [2.75, 3.05) is 20.1 Å². The van der Waals surface area contributed by atoms with Gasteiger partial charge in [0.1, 0.15) is 28.3 Å². The monoisotopic (exact) mass is 464 g/mol. The number of likely N-dealkylation sites (tertiary alicyclic amines) is 1. The van der Waals surface area contributed by atoms with Gasteiger partial charge >= 0.3 is 0 Å². The van der Waals surface area contributed by atoms with E-state index in [0.717, 1.165) is 0 Å². The molecule has 0 unspecified atom stereocenters. The van der Waals surface area contributed by atoms with Crippen molar-refractivity contribution in [3.63, 3.8) is 0 Å². The van der Waals surface area contributed by atoms with Crippen molar-refractivity contribution in [3.05, 3.63) is 59.1 Å². The zero-order chi connectivity index (χ0) is 24.2. The number of amides is 2. The fraction of sp³-hybridized carbons (Fsp3) is 0.320. The summed E-state index contributed by atoms with van der Waals surface area (Å²) in [5, 5.41) is 7.64. The van der Waals surface area contributed by atoms with Gasteiger partial charge in [-0.1, -0.05) is 6.92 Å². The molecule has 2 amide bonds. The van der Waals surface area contributed by atoms with E-state index >= 15 is 0 Å². The molecule has 1 N–H and O–H groups in total. The molecule has 0 atom stereocenters. The lowest BCUT2D eigenvalue weighted by molar-refractivity contribution is -0.0217. The largest absolute Gasteiger partial charge is 0.460 e. The minimum Gasteiger partial charge on any atom is -0.460 e. The molecule has 1 aliphatic rings. The summed E-state index contributed by atoms with van der Waals surface area (Å²) in [6.45, 7) is 5.56. The van der Waals surface area contributed by atoms with Crippen LogP contribution in [0.15, 0.2) is 41.1 Å². The molecule has 34 heavy (non-hydrogen) atoms. The molecule has 0 radical (unpaired) electrons. The topological polar surface area (TPSA) is 89.1 Å². The van der Waals surface area contributed by atoms with Crippen LogP contribution in [-0.2, 0) is 0 Å². The van der Waals surface area contributed by atoms with Crippen molar-refractivity contribution in [2.24, 2.45) is 0 Å². The smallest absolute Gasteiger partial charge is 0.255 e. The van der Waals surface area contributed by atoms with Gasteiger partial charge in [-0.3, -0.25) is 9.59 Å². The summed E-state index contributed by atoms with van der Waals surface area (Å²) in [7, 11) is 1.57. The first-order valence-electron chi connectivity index (χ1n) is 11.1. The molecule has 0 saturated carbocycles. The van der Waals surface area contributed by atoms with E-state index in [1.54, 1.807) is 62.1 Å². The van der Waals surface area contributed by atoms with E-state index in [-0.39, 0.29) is 24.9 Å². The summed E-state index contributed by atoms with van der Waals surface area (Å²) in [6.07, 6.45) is 3.62. The first-order valence-corrected chi connectivity index (χ1v) is 11.1. The molecule has 8 nitrogen and oxygen atoms in total. The molecule has 3 aromatic heterocycles. The lowest BCUT2D eigenvalue weighted by atomic mass is 9.92. The zero-order valence-corrected chi connectivity index (χ0v) is 19.4. The maximum atomic E-state index is 14.3. The number of fused-ring (bicyclic) bond motifs is 2. The Morgan fingerprint density at radius 3 is 2.74 bits per heavy atom. The second-order valence-electron chi connectivity index (χ2n) is 8.69. The van der Waals surface area contributed by atoms with Crippen LogP contribution in [0.25, 0.3) is 16.5 Å². The number of halogens is 1. The summed E-state index contributed by atoms with van der Waals surface area (Å²) in [4.78, 5) is 26.7. The minimum absolute atomic E-state index is 0.103. The Morgan fingerprint density at radius 2 is 2.03 bits per heavy atom. The van der Waals surface area contributed by atoms with Gasteiger partial charge < -0.3 is 19.4 Å². The van der Waals surface area contributed by atoms with Crippen LogP contribution in [0, 0.1) is 13.8 Å². The normalized spacial score (nSPS) is 14.9. The number of carbonyl (C=O) groups is 2. The van der Waals surface area contributed by atoms with Crippen LogP contribution >= 0.6 is 0 Å². The predicted octanol–water partition coefficient (Wildman–Crippen LogP) is 4.42. The van der Waals surface area contributed by atoms with Crippen LogP contribution in [0.3, 0.4) is 0 Å². The number of carbonyl (C=O) groups excluding carboxylic acids is 2. The Hall–Kier alpha value is -3.88. The average Bonchev–Trinajstić information content (AvgIpc) is 3.32. The van der Waals surface area contributed by atoms with Gasteiger partial charge in [-0.15, -0.1) is 0 Å². The molecule has 9 heteroatoms. The highest BCUT2D eigenvalue weighted by molar-refractivity contribution is 6.07. The van der Waals surface area contributed by atoms with Crippen LogP contribution in [0.2, 0.25) is 0 Å². The number of hydrogen-bond acceptors (Lipinski definition) is 5. The van der Waals surface area contributed by atoms with Gasteiger partial charge in [0.15, 0.2) is 5.75 Å². The lowest BCUT2D eigenvalue weighted by Crippen LogP contribution is -2.60. The van der Waals surface area contributed by atoms with Crippen LogP contribution in [0.5, 0.6) is 11.5 Å². The third kappa shape index (κ3) is 3.39. The standard InChI is InChI=1S/C25H25FN4O4/c1-5-25(26)12-29(13-25)24(32)18-11-30-22(14(18)2)19(8-9-28-30)34-16-6-7-17-20(10-16)33-15(3)21(17)23(31)27-4/h6-11H,5,12-13H2,1-4H3,(H,27,31). The molecule has 0 aliphatic carbocycles. The van der Waals surface area contributed by atoms with Gasteiger partial charge in [-0.25, -0.2) is 8.91 Å². The Morgan fingerprint density at radius 1 is 1.26 bits per heavy atom. The molecule has 0 bridgehead atoms. The molecule has 1 saturated heterocycles. The summed E-state index contributed by atoms with van der Waals surface area (Å²) in [5.41, 5.74) is 1.55. The molecular formula is C25H25FN4O4. The van der Waals surface area contributed by atoms with Crippen LogP contribution in [0.4, 0.5) is 4.39 Å². The SMILES string of the molecule is CCC1(F)CN(C(=O)c2cn3nccc(Oc4ccc5c(C(=O)NC)c(C)oc5c4)c3c2C)C1. The number of alkyl halides is 1. The molecular weight excluding hydrogens is 439 g/mol. The number of ether oxygens (including phenoxy) is 1. The third-order valence-electron chi connectivity index (χ3n) is 6.51. The number of aromatic nitrogens is 2. The number of benzene rings is 1. The second-order valence-corrected chi connectivity index (χ2v) is 8.69. The van der Waals surface area contributed by atoms with Crippen LogP contribution < -0.4 is 10.1 Å². The molecule has 1 aliphatic heterocycles. The highest BCUT2D eigenvalue weighted by atomic mass is 19.1. The Kier molecular flexibility index (Phi) is 5.07. The van der Waals surface area contributed by atoms with Gasteiger partial charge in [-0.05, 0) is 38.0 Å². The molecule has 1 fully saturated rings. The lowest BCUT2D eigenvalue weighted by Gasteiger charge is -2.44. The van der Waals surface area contributed by atoms with Gasteiger partial charge in [0, 0.05) is 30.8 Å². The number of rotatable bonds is 5. The summed E-state index contributed by atoms with van der Waals surface area (Å²) in [5.74, 6) is 1.12. The van der Waals surface area contributed by atoms with Crippen molar-refractivity contribution >= 4 is 28.3 Å². The molecule has 4 aromatic rings. The fourth-order valence-corrected chi connectivity index (χ4v) is 4.49. The number of furan rings is 1. The zero-order valence-electron chi connectivity index (χ0n) is 19.4. The predicted molar refractivity (Wildman–Crippen MR) is 124 cm³/mol. The van der Waals surface area contributed by atoms with Crippen LogP contribution in [-0.4, -0.2) is 52.1 Å². The average molecular weight is 464 g/mol. The maximum absolute atomic E-state index is 14.3. The number of aryl methyl sites for hydroxylation is 2. The first kappa shape index (κ1) is 21.9. The maximum Gasteiger partial charge on any atom is 0.255 e. The summed E-state index contributed by atoms with van der Waals surface area (Å²) >= 11 is 0. The summed E-state index contributed by atoms with van der Waals surface area (Å²) in [6, 6.07) is 6.99. The molecule has 1 aromatic carbocycles. The van der Waals surface area contributed by atoms with Crippen molar-refractivity contribution in [1.82, 2.24) is 19.8 Å². The van der Waals surface area contributed by atoms with Crippen molar-refractivity contribution in [1.29, 1.82) is 0 Å². The van der Waals surface area contributed by atoms with Gasteiger partial charge in [0.25, 0.3) is 11.8 Å². The molecule has 176 valence electrons. The van der Waals surface area contributed by atoms with Crippen LogP contribution in [0.1, 0.15) is 45.4 Å². The highest BCUT2D eigenvalue weighted by Crippen LogP contribution is 2.35. The van der Waals surface area contributed by atoms with E-state index in [4.69, 9.17) is 9.15 Å². The quantitative estimate of drug-likeness (QED) is 0.472. The third-order valence-corrected chi connectivity index (χ3v) is 6.51. The van der Waals surface area contributed by atoms with E-state index in [9.17, 15) is 14.0 Å². The Balaban J connectivity index is 1.47. The van der Waals surface area contributed by atoms with Crippen molar-refractivity contribution < 1.29 is 23.1 Å². The number of nitrogens with one attached hydrogen (secondary N) is 1. The molecule has 4 heterocycles. The molecule has 5 rings (SSSR count). The summed E-state index contributed by atoms with van der Waals surface area (Å²) < 4.78 is 27.8. The van der Waals surface area contributed by atoms with E-state index in [0.29, 0.717) is 56.9 Å². The molecule has 0 spiro atoms. The fourth-order valence-electron chi connectivity index (χ4n) is 4.49.